The predicted octanol–water partition coefficient (Wildman–Crippen LogP) is 2.40. The second-order valence-electron chi connectivity index (χ2n) is 3.17. The lowest BCUT2D eigenvalue weighted by molar-refractivity contribution is -0.385. The highest BCUT2D eigenvalue weighted by atomic mass is 79.9. The quantitative estimate of drug-likeness (QED) is 0.224. The molecule has 1 rings (SSSR count). The Bertz CT molecular complexity index is 527. The molecule has 0 atom stereocenters. The van der Waals surface area contributed by atoms with Crippen molar-refractivity contribution in [1.82, 2.24) is 5.32 Å². The third-order valence-corrected chi connectivity index (χ3v) is 2.37. The number of carbonyl (C=O) groups is 1. The first kappa shape index (κ1) is 13.9. The van der Waals surface area contributed by atoms with Gasteiger partial charge in [-0.3, -0.25) is 14.9 Å². The van der Waals surface area contributed by atoms with Gasteiger partial charge in [-0.2, -0.15) is 0 Å². The van der Waals surface area contributed by atoms with E-state index in [0.717, 1.165) is 0 Å². The van der Waals surface area contributed by atoms with E-state index in [4.69, 9.17) is 5.53 Å². The fraction of sp³-hybridized carbons (Fsp3) is 0.222. The standard InChI is InChI=1S/C9H8BrN5O3/c10-7-3-6(4-8(5-7)15(17)18)9(16)12-1-2-13-14-11/h3-5H,1-2H2,(H,12,16). The fourth-order valence-electron chi connectivity index (χ4n) is 1.18. The van der Waals surface area contributed by atoms with Crippen LogP contribution in [0.5, 0.6) is 0 Å². The maximum absolute atomic E-state index is 11.6. The number of carbonyl (C=O) groups excluding carboxylic acids is 1. The Kier molecular flexibility index (Phi) is 5.09. The van der Waals surface area contributed by atoms with Crippen LogP contribution in [-0.2, 0) is 0 Å². The summed E-state index contributed by atoms with van der Waals surface area (Å²) in [6.45, 7) is 0.293. The highest BCUT2D eigenvalue weighted by Crippen LogP contribution is 2.21. The molecule has 0 saturated heterocycles. The summed E-state index contributed by atoms with van der Waals surface area (Å²) >= 11 is 3.09. The first-order valence-electron chi connectivity index (χ1n) is 4.78. The maximum Gasteiger partial charge on any atom is 0.271 e. The number of nitro benzene ring substituents is 1. The average molecular weight is 314 g/mol. The molecule has 0 saturated carbocycles. The summed E-state index contributed by atoms with van der Waals surface area (Å²) in [5.74, 6) is -0.465. The number of non-ortho nitro benzene ring substituents is 1. The van der Waals surface area contributed by atoms with Gasteiger partial charge in [-0.1, -0.05) is 21.0 Å². The normalized spacial score (nSPS) is 9.39. The van der Waals surface area contributed by atoms with Gasteiger partial charge in [0.25, 0.3) is 11.6 Å². The van der Waals surface area contributed by atoms with Gasteiger partial charge in [0, 0.05) is 40.2 Å². The molecule has 0 radical (unpaired) electrons. The van der Waals surface area contributed by atoms with Crippen LogP contribution in [0.3, 0.4) is 0 Å². The minimum Gasteiger partial charge on any atom is -0.352 e. The molecule has 94 valence electrons. The van der Waals surface area contributed by atoms with Crippen molar-refractivity contribution in [2.45, 2.75) is 0 Å². The summed E-state index contributed by atoms with van der Waals surface area (Å²) in [5.41, 5.74) is 8.03. The van der Waals surface area contributed by atoms with E-state index in [9.17, 15) is 14.9 Å². The van der Waals surface area contributed by atoms with Crippen molar-refractivity contribution in [3.63, 3.8) is 0 Å². The second kappa shape index (κ2) is 6.58. The van der Waals surface area contributed by atoms with Crippen LogP contribution in [0.25, 0.3) is 10.4 Å². The molecule has 0 unspecified atom stereocenters. The zero-order valence-electron chi connectivity index (χ0n) is 9.04. The van der Waals surface area contributed by atoms with Gasteiger partial charge < -0.3 is 5.32 Å². The molecule has 0 fully saturated rings. The molecule has 1 N–H and O–H groups in total. The van der Waals surface area contributed by atoms with Crippen molar-refractivity contribution in [3.8, 4) is 0 Å². The molecular formula is C9H8BrN5O3. The molecule has 0 spiro atoms. The van der Waals surface area contributed by atoms with Crippen molar-refractivity contribution in [1.29, 1.82) is 0 Å². The molecule has 0 aromatic heterocycles. The number of amides is 1. The fourth-order valence-corrected chi connectivity index (χ4v) is 1.66. The third kappa shape index (κ3) is 4.04. The van der Waals surface area contributed by atoms with E-state index in [1.165, 1.54) is 18.2 Å². The largest absolute Gasteiger partial charge is 0.352 e. The summed E-state index contributed by atoms with van der Waals surface area (Å²) < 4.78 is 0.442. The zero-order valence-corrected chi connectivity index (χ0v) is 10.6. The zero-order chi connectivity index (χ0) is 13.5. The smallest absolute Gasteiger partial charge is 0.271 e. The Balaban J connectivity index is 2.79. The first-order chi connectivity index (χ1) is 8.54. The van der Waals surface area contributed by atoms with Gasteiger partial charge in [-0.05, 0) is 11.6 Å². The van der Waals surface area contributed by atoms with Crippen LogP contribution in [0.2, 0.25) is 0 Å². The van der Waals surface area contributed by atoms with Crippen LogP contribution < -0.4 is 5.32 Å². The molecule has 0 aliphatic carbocycles. The minimum absolute atomic E-state index is 0.123. The Morgan fingerprint density at radius 2 is 2.28 bits per heavy atom. The second-order valence-corrected chi connectivity index (χ2v) is 4.08. The van der Waals surface area contributed by atoms with Gasteiger partial charge in [0.1, 0.15) is 0 Å². The van der Waals surface area contributed by atoms with Crippen LogP contribution in [0, 0.1) is 10.1 Å². The molecular weight excluding hydrogens is 306 g/mol. The summed E-state index contributed by atoms with van der Waals surface area (Å²) in [5, 5.41) is 16.4. The Labute approximate surface area is 110 Å². The molecule has 1 aromatic rings. The molecule has 0 aliphatic rings. The number of hydrogen-bond acceptors (Lipinski definition) is 4. The molecule has 0 aliphatic heterocycles. The van der Waals surface area contributed by atoms with Crippen LogP contribution in [0.4, 0.5) is 5.69 Å². The van der Waals surface area contributed by atoms with Crippen LogP contribution in [0.1, 0.15) is 10.4 Å². The van der Waals surface area contributed by atoms with Crippen LogP contribution in [0.15, 0.2) is 27.8 Å². The number of halogens is 1. The number of nitrogens with one attached hydrogen (secondary N) is 1. The number of nitro groups is 1. The van der Waals surface area contributed by atoms with E-state index in [0.29, 0.717) is 4.47 Å². The number of benzene rings is 1. The van der Waals surface area contributed by atoms with E-state index >= 15 is 0 Å². The lowest BCUT2D eigenvalue weighted by atomic mass is 10.2. The van der Waals surface area contributed by atoms with Crippen LogP contribution in [-0.4, -0.2) is 23.9 Å². The van der Waals surface area contributed by atoms with E-state index in [1.54, 1.807) is 0 Å². The maximum atomic E-state index is 11.6. The Hall–Kier alpha value is -2.12. The SMILES string of the molecule is [N-]=[N+]=NCCNC(=O)c1cc(Br)cc([N+](=O)[O-])c1. The summed E-state index contributed by atoms with van der Waals surface area (Å²) in [6, 6.07) is 3.94. The number of hydrogen-bond donors (Lipinski definition) is 1. The van der Waals surface area contributed by atoms with Crippen molar-refractivity contribution in [3.05, 3.63) is 48.8 Å². The molecule has 0 heterocycles. The first-order valence-corrected chi connectivity index (χ1v) is 5.58. The van der Waals surface area contributed by atoms with Gasteiger partial charge >= 0.3 is 0 Å². The molecule has 18 heavy (non-hydrogen) atoms. The predicted molar refractivity (Wildman–Crippen MR) is 67.1 cm³/mol. The molecule has 1 aromatic carbocycles. The van der Waals surface area contributed by atoms with E-state index in [1.807, 2.05) is 0 Å². The number of rotatable bonds is 5. The van der Waals surface area contributed by atoms with Gasteiger partial charge in [-0.25, -0.2) is 0 Å². The number of nitrogens with zero attached hydrogens (tertiary/aromatic N) is 4. The van der Waals surface area contributed by atoms with Crippen LogP contribution >= 0.6 is 15.9 Å². The monoisotopic (exact) mass is 313 g/mol. The topological polar surface area (TPSA) is 121 Å². The summed E-state index contributed by atoms with van der Waals surface area (Å²) in [6.07, 6.45) is 0. The van der Waals surface area contributed by atoms with Crippen molar-refractivity contribution in [2.75, 3.05) is 13.1 Å². The van der Waals surface area contributed by atoms with Gasteiger partial charge in [-0.15, -0.1) is 0 Å². The van der Waals surface area contributed by atoms with Gasteiger partial charge in [0.05, 0.1) is 4.92 Å². The Morgan fingerprint density at radius 1 is 1.56 bits per heavy atom. The molecule has 1 amide bonds. The van der Waals surface area contributed by atoms with Gasteiger partial charge in [0.15, 0.2) is 0 Å². The van der Waals surface area contributed by atoms with E-state index in [-0.39, 0.29) is 24.3 Å². The molecule has 9 heteroatoms. The average Bonchev–Trinajstić information content (AvgIpc) is 2.33. The summed E-state index contributed by atoms with van der Waals surface area (Å²) in [7, 11) is 0. The lowest BCUT2D eigenvalue weighted by Gasteiger charge is -2.03. The highest BCUT2D eigenvalue weighted by molar-refractivity contribution is 9.10. The van der Waals surface area contributed by atoms with Gasteiger partial charge in [0.2, 0.25) is 0 Å². The van der Waals surface area contributed by atoms with Crippen molar-refractivity contribution >= 4 is 27.5 Å². The molecule has 0 bridgehead atoms. The Morgan fingerprint density at radius 3 is 2.89 bits per heavy atom. The third-order valence-electron chi connectivity index (χ3n) is 1.92. The number of azide groups is 1. The van der Waals surface area contributed by atoms with Crippen molar-refractivity contribution in [2.24, 2.45) is 5.11 Å². The van der Waals surface area contributed by atoms with E-state index < -0.39 is 10.8 Å². The highest BCUT2D eigenvalue weighted by Gasteiger charge is 2.13. The summed E-state index contributed by atoms with van der Waals surface area (Å²) in [4.78, 5) is 24.2. The van der Waals surface area contributed by atoms with E-state index in [2.05, 4.69) is 31.3 Å². The minimum atomic E-state index is -0.582. The molecule has 8 nitrogen and oxygen atoms in total. The lowest BCUT2D eigenvalue weighted by Crippen LogP contribution is -2.25. The van der Waals surface area contributed by atoms with Crippen molar-refractivity contribution < 1.29 is 9.72 Å².